The van der Waals surface area contributed by atoms with E-state index >= 15 is 0 Å². The van der Waals surface area contributed by atoms with Crippen LogP contribution in [0.3, 0.4) is 0 Å². The lowest BCUT2D eigenvalue weighted by molar-refractivity contribution is -0.132. The summed E-state index contributed by atoms with van der Waals surface area (Å²) in [5.74, 6) is 0.242. The first kappa shape index (κ1) is 16.3. The normalized spacial score (nSPS) is 24.2. The third-order valence-electron chi connectivity index (χ3n) is 5.23. The van der Waals surface area contributed by atoms with Crippen LogP contribution in [0.25, 0.3) is 0 Å². The Morgan fingerprint density at radius 3 is 2.36 bits per heavy atom. The molecule has 0 spiro atoms. The second-order valence-corrected chi connectivity index (χ2v) is 6.92. The molecular formula is C21H24N2O2. The molecule has 0 unspecified atom stereocenters. The van der Waals surface area contributed by atoms with Crippen LogP contribution in [0.4, 0.5) is 5.69 Å². The lowest BCUT2D eigenvalue weighted by atomic mass is 9.81. The van der Waals surface area contributed by atoms with E-state index in [-0.39, 0.29) is 17.9 Å². The average Bonchev–Trinajstić information content (AvgIpc) is 2.66. The Morgan fingerprint density at radius 1 is 1.00 bits per heavy atom. The molecule has 2 aromatic rings. The zero-order valence-electron chi connectivity index (χ0n) is 14.6. The highest BCUT2D eigenvalue weighted by molar-refractivity contribution is 6.03. The molecule has 25 heavy (non-hydrogen) atoms. The Hall–Kier alpha value is -2.17. The third-order valence-corrected chi connectivity index (χ3v) is 5.23. The number of aryl methyl sites for hydroxylation is 1. The Kier molecular flexibility index (Phi) is 4.55. The van der Waals surface area contributed by atoms with Crippen molar-refractivity contribution in [2.24, 2.45) is 5.92 Å². The van der Waals surface area contributed by atoms with Gasteiger partial charge in [-0.1, -0.05) is 48.0 Å². The summed E-state index contributed by atoms with van der Waals surface area (Å²) in [5, 5.41) is 0. The van der Waals surface area contributed by atoms with Gasteiger partial charge in [0.1, 0.15) is 0 Å². The Morgan fingerprint density at radius 2 is 1.68 bits per heavy atom. The topological polar surface area (TPSA) is 32.8 Å². The number of morpholine rings is 1. The fraction of sp³-hybridized carbons (Fsp3) is 0.381. The molecule has 0 aromatic heterocycles. The van der Waals surface area contributed by atoms with E-state index in [1.165, 1.54) is 11.1 Å². The van der Waals surface area contributed by atoms with Crippen molar-refractivity contribution in [3.63, 3.8) is 0 Å². The number of anilines is 1. The molecule has 2 aliphatic rings. The van der Waals surface area contributed by atoms with Crippen molar-refractivity contribution in [3.05, 3.63) is 65.7 Å². The van der Waals surface area contributed by atoms with Gasteiger partial charge >= 0.3 is 0 Å². The van der Waals surface area contributed by atoms with E-state index in [0.29, 0.717) is 0 Å². The van der Waals surface area contributed by atoms with Gasteiger partial charge in [-0.05, 0) is 24.6 Å². The lowest BCUT2D eigenvalue weighted by Crippen LogP contribution is -2.59. The molecule has 2 aliphatic heterocycles. The molecule has 2 saturated heterocycles. The molecule has 0 saturated carbocycles. The van der Waals surface area contributed by atoms with Gasteiger partial charge in [-0.2, -0.15) is 0 Å². The maximum absolute atomic E-state index is 13.0. The van der Waals surface area contributed by atoms with Gasteiger partial charge in [0.15, 0.2) is 0 Å². The summed E-state index contributed by atoms with van der Waals surface area (Å²) in [6.45, 7) is 6.23. The Bertz CT molecular complexity index is 723. The van der Waals surface area contributed by atoms with Crippen LogP contribution in [0.15, 0.2) is 54.6 Å². The lowest BCUT2D eigenvalue weighted by Gasteiger charge is -2.49. The molecule has 0 radical (unpaired) electrons. The molecule has 0 aliphatic carbocycles. The molecule has 2 atom stereocenters. The van der Waals surface area contributed by atoms with E-state index in [0.717, 1.165) is 38.5 Å². The summed E-state index contributed by atoms with van der Waals surface area (Å²) in [4.78, 5) is 17.3. The van der Waals surface area contributed by atoms with Gasteiger partial charge in [0.2, 0.25) is 5.91 Å². The van der Waals surface area contributed by atoms with Crippen LogP contribution in [0.1, 0.15) is 17.2 Å². The van der Waals surface area contributed by atoms with Gasteiger partial charge in [-0.25, -0.2) is 0 Å². The van der Waals surface area contributed by atoms with Crippen molar-refractivity contribution in [1.29, 1.82) is 0 Å². The Labute approximate surface area is 149 Å². The van der Waals surface area contributed by atoms with Crippen LogP contribution < -0.4 is 4.90 Å². The second-order valence-electron chi connectivity index (χ2n) is 6.92. The summed E-state index contributed by atoms with van der Waals surface area (Å²) < 4.78 is 5.44. The van der Waals surface area contributed by atoms with E-state index in [1.807, 2.05) is 23.1 Å². The fourth-order valence-corrected chi connectivity index (χ4v) is 3.81. The molecular weight excluding hydrogens is 312 g/mol. The molecule has 130 valence electrons. The second kappa shape index (κ2) is 6.98. The molecule has 4 rings (SSSR count). The molecule has 4 nitrogen and oxygen atoms in total. The molecule has 1 amide bonds. The smallest absolute Gasteiger partial charge is 0.234 e. The van der Waals surface area contributed by atoms with Gasteiger partial charge in [0, 0.05) is 25.3 Å². The monoisotopic (exact) mass is 336 g/mol. The molecule has 0 bridgehead atoms. The molecule has 2 fully saturated rings. The van der Waals surface area contributed by atoms with Gasteiger partial charge in [0.25, 0.3) is 0 Å². The van der Waals surface area contributed by atoms with E-state index in [4.69, 9.17) is 4.74 Å². The number of ether oxygens (including phenoxy) is 1. The highest BCUT2D eigenvalue weighted by Crippen LogP contribution is 2.43. The number of benzene rings is 2. The summed E-state index contributed by atoms with van der Waals surface area (Å²) in [6, 6.07) is 18.7. The van der Waals surface area contributed by atoms with E-state index in [9.17, 15) is 4.79 Å². The maximum atomic E-state index is 13.0. The maximum Gasteiger partial charge on any atom is 0.234 e. The van der Waals surface area contributed by atoms with Crippen LogP contribution in [0.5, 0.6) is 0 Å². The minimum Gasteiger partial charge on any atom is -0.379 e. The van der Waals surface area contributed by atoms with Crippen LogP contribution in [-0.2, 0) is 9.53 Å². The predicted molar refractivity (Wildman–Crippen MR) is 98.6 cm³/mol. The Balaban J connectivity index is 1.60. The number of β-lactam (4-membered cyclic amide) rings is 1. The van der Waals surface area contributed by atoms with Crippen molar-refractivity contribution in [2.45, 2.75) is 13.0 Å². The zero-order chi connectivity index (χ0) is 17.2. The molecule has 4 heteroatoms. The average molecular weight is 336 g/mol. The summed E-state index contributed by atoms with van der Waals surface area (Å²) in [5.41, 5.74) is 3.40. The minimum absolute atomic E-state index is 0.0156. The predicted octanol–water partition coefficient (Wildman–Crippen LogP) is 3.03. The first-order chi connectivity index (χ1) is 12.2. The van der Waals surface area contributed by atoms with Crippen LogP contribution in [0.2, 0.25) is 0 Å². The number of carbonyl (C=O) groups excluding carboxylic acids is 1. The first-order valence-corrected chi connectivity index (χ1v) is 8.99. The van der Waals surface area contributed by atoms with E-state index in [2.05, 4.69) is 48.2 Å². The largest absolute Gasteiger partial charge is 0.379 e. The van der Waals surface area contributed by atoms with Gasteiger partial charge in [-0.3, -0.25) is 9.69 Å². The van der Waals surface area contributed by atoms with Gasteiger partial charge in [-0.15, -0.1) is 0 Å². The van der Waals surface area contributed by atoms with Gasteiger partial charge in [0.05, 0.1) is 25.2 Å². The SMILES string of the molecule is Cc1ccc(N2C(=O)[C@H](CN3CCOCC3)[C@@H]2c2ccccc2)cc1. The fourth-order valence-electron chi connectivity index (χ4n) is 3.81. The van der Waals surface area contributed by atoms with Crippen molar-refractivity contribution in [2.75, 3.05) is 37.7 Å². The van der Waals surface area contributed by atoms with Crippen molar-refractivity contribution >= 4 is 11.6 Å². The number of hydrogen-bond acceptors (Lipinski definition) is 3. The van der Waals surface area contributed by atoms with Crippen LogP contribution in [0, 0.1) is 12.8 Å². The van der Waals surface area contributed by atoms with Crippen molar-refractivity contribution in [1.82, 2.24) is 4.90 Å². The number of amides is 1. The zero-order valence-corrected chi connectivity index (χ0v) is 14.6. The number of nitrogens with zero attached hydrogens (tertiary/aromatic N) is 2. The number of hydrogen-bond donors (Lipinski definition) is 0. The number of rotatable bonds is 4. The van der Waals surface area contributed by atoms with E-state index in [1.54, 1.807) is 0 Å². The molecule has 2 heterocycles. The van der Waals surface area contributed by atoms with Crippen LogP contribution in [-0.4, -0.2) is 43.7 Å². The summed E-state index contributed by atoms with van der Waals surface area (Å²) in [7, 11) is 0. The highest BCUT2D eigenvalue weighted by Gasteiger charge is 2.49. The van der Waals surface area contributed by atoms with Crippen molar-refractivity contribution < 1.29 is 9.53 Å². The quantitative estimate of drug-likeness (QED) is 0.805. The van der Waals surface area contributed by atoms with E-state index < -0.39 is 0 Å². The number of carbonyl (C=O) groups is 1. The molecule has 2 aromatic carbocycles. The standard InChI is InChI=1S/C21H24N2O2/c1-16-7-9-18(10-8-16)23-20(17-5-3-2-4-6-17)19(21(23)24)15-22-11-13-25-14-12-22/h2-10,19-20H,11-15H2,1H3/t19-,20+/m1/s1. The summed E-state index contributed by atoms with van der Waals surface area (Å²) >= 11 is 0. The van der Waals surface area contributed by atoms with Gasteiger partial charge < -0.3 is 9.64 Å². The first-order valence-electron chi connectivity index (χ1n) is 8.99. The highest BCUT2D eigenvalue weighted by atomic mass is 16.5. The molecule has 0 N–H and O–H groups in total. The third kappa shape index (κ3) is 3.20. The van der Waals surface area contributed by atoms with Crippen molar-refractivity contribution in [3.8, 4) is 0 Å². The minimum atomic E-state index is 0.0156. The summed E-state index contributed by atoms with van der Waals surface area (Å²) in [6.07, 6.45) is 0. The van der Waals surface area contributed by atoms with Crippen LogP contribution >= 0.6 is 0 Å².